The Bertz CT molecular complexity index is 513. The molecule has 0 aliphatic rings. The predicted molar refractivity (Wildman–Crippen MR) is 59.7 cm³/mol. The van der Waals surface area contributed by atoms with E-state index in [0.717, 1.165) is 0 Å². The van der Waals surface area contributed by atoms with Crippen LogP contribution < -0.4 is 0 Å². The van der Waals surface area contributed by atoms with Gasteiger partial charge in [0.05, 0.1) is 22.5 Å². The van der Waals surface area contributed by atoms with E-state index in [-0.39, 0.29) is 5.82 Å². The summed E-state index contributed by atoms with van der Waals surface area (Å²) in [4.78, 5) is 0. The molecule has 0 aliphatic heterocycles. The van der Waals surface area contributed by atoms with E-state index in [1.54, 1.807) is 25.3 Å². The number of benzene rings is 1. The Morgan fingerprint density at radius 2 is 2.25 bits per heavy atom. The van der Waals surface area contributed by atoms with Gasteiger partial charge in [0, 0.05) is 0 Å². The van der Waals surface area contributed by atoms with E-state index in [1.807, 2.05) is 0 Å². The van der Waals surface area contributed by atoms with Crippen molar-refractivity contribution in [2.75, 3.05) is 0 Å². The number of nitrogens with zero attached hydrogens (tertiary/aromatic N) is 3. The Morgan fingerprint density at radius 3 is 2.81 bits per heavy atom. The summed E-state index contributed by atoms with van der Waals surface area (Å²) in [5, 5.41) is 16.9. The van der Waals surface area contributed by atoms with Gasteiger partial charge in [-0.3, -0.25) is 0 Å². The summed E-state index contributed by atoms with van der Waals surface area (Å²) in [5.74, 6) is -0.334. The van der Waals surface area contributed by atoms with Gasteiger partial charge in [-0.2, -0.15) is 0 Å². The van der Waals surface area contributed by atoms with Gasteiger partial charge in [-0.25, -0.2) is 9.07 Å². The molecule has 2 rings (SSSR count). The van der Waals surface area contributed by atoms with E-state index >= 15 is 0 Å². The zero-order valence-corrected chi connectivity index (χ0v) is 10.0. The van der Waals surface area contributed by atoms with Crippen LogP contribution in [0.15, 0.2) is 28.9 Å². The Balaban J connectivity index is 2.39. The fraction of sp³-hybridized carbons (Fsp3) is 0.200. The summed E-state index contributed by atoms with van der Waals surface area (Å²) in [5.41, 5.74) is 1.15. The quantitative estimate of drug-likeness (QED) is 0.921. The van der Waals surface area contributed by atoms with Crippen LogP contribution in [0.5, 0.6) is 0 Å². The van der Waals surface area contributed by atoms with E-state index in [9.17, 15) is 9.50 Å². The Labute approximate surface area is 99.8 Å². The Hall–Kier alpha value is -1.27. The summed E-state index contributed by atoms with van der Waals surface area (Å²) in [6, 6.07) is 4.51. The van der Waals surface area contributed by atoms with Crippen molar-refractivity contribution in [2.45, 2.75) is 13.0 Å². The first-order chi connectivity index (χ1) is 7.58. The average molecular weight is 286 g/mol. The molecule has 1 aromatic heterocycles. The van der Waals surface area contributed by atoms with Gasteiger partial charge in [0.15, 0.2) is 0 Å². The van der Waals surface area contributed by atoms with E-state index in [0.29, 0.717) is 15.9 Å². The molecule has 0 radical (unpaired) electrons. The molecule has 84 valence electrons. The van der Waals surface area contributed by atoms with Crippen molar-refractivity contribution in [1.29, 1.82) is 0 Å². The summed E-state index contributed by atoms with van der Waals surface area (Å²) < 4.78 is 14.9. The van der Waals surface area contributed by atoms with Crippen molar-refractivity contribution in [2.24, 2.45) is 0 Å². The monoisotopic (exact) mass is 285 g/mol. The van der Waals surface area contributed by atoms with Crippen LogP contribution in [0, 0.1) is 5.82 Å². The second-order valence-electron chi connectivity index (χ2n) is 3.36. The van der Waals surface area contributed by atoms with Crippen LogP contribution in [0.2, 0.25) is 0 Å². The molecule has 0 aliphatic carbocycles. The highest BCUT2D eigenvalue weighted by Crippen LogP contribution is 2.19. The van der Waals surface area contributed by atoms with Gasteiger partial charge in [-0.1, -0.05) is 5.21 Å². The topological polar surface area (TPSA) is 50.9 Å². The summed E-state index contributed by atoms with van der Waals surface area (Å²) in [6.45, 7) is 1.61. The standard InChI is InChI=1S/C10H9BrFN3O/c1-6(16)10-5-15(14-13-10)7-2-3-9(12)8(11)4-7/h2-6,16H,1H3. The highest BCUT2D eigenvalue weighted by molar-refractivity contribution is 9.10. The van der Waals surface area contributed by atoms with Gasteiger partial charge < -0.3 is 5.11 Å². The van der Waals surface area contributed by atoms with Crippen LogP contribution in [0.3, 0.4) is 0 Å². The smallest absolute Gasteiger partial charge is 0.137 e. The van der Waals surface area contributed by atoms with Gasteiger partial charge in [0.2, 0.25) is 0 Å². The Kier molecular flexibility index (Phi) is 3.02. The molecule has 4 nitrogen and oxygen atoms in total. The first-order valence-corrected chi connectivity index (χ1v) is 5.43. The first-order valence-electron chi connectivity index (χ1n) is 4.63. The van der Waals surface area contributed by atoms with Gasteiger partial charge in [-0.05, 0) is 41.1 Å². The molecule has 0 saturated carbocycles. The lowest BCUT2D eigenvalue weighted by molar-refractivity contribution is 0.194. The molecule has 1 atom stereocenters. The molecule has 2 aromatic rings. The van der Waals surface area contributed by atoms with Crippen molar-refractivity contribution in [3.05, 3.63) is 40.4 Å². The third-order valence-corrected chi connectivity index (χ3v) is 2.71. The summed E-state index contributed by atoms with van der Waals surface area (Å²) in [7, 11) is 0. The SMILES string of the molecule is CC(O)c1cn(-c2ccc(F)c(Br)c2)nn1. The molecule has 1 aromatic carbocycles. The molecule has 6 heteroatoms. The number of aliphatic hydroxyl groups excluding tert-OH is 1. The maximum absolute atomic E-state index is 13.0. The van der Waals surface area contributed by atoms with E-state index < -0.39 is 6.10 Å². The minimum atomic E-state index is -0.669. The molecule has 1 unspecified atom stereocenters. The van der Waals surface area contributed by atoms with Crippen molar-refractivity contribution < 1.29 is 9.50 Å². The second-order valence-corrected chi connectivity index (χ2v) is 4.22. The lowest BCUT2D eigenvalue weighted by Gasteiger charge is -2.01. The summed E-state index contributed by atoms with van der Waals surface area (Å²) in [6.07, 6.45) is 0.933. The number of aliphatic hydroxyl groups is 1. The van der Waals surface area contributed by atoms with E-state index in [4.69, 9.17) is 0 Å². The van der Waals surface area contributed by atoms with Gasteiger partial charge >= 0.3 is 0 Å². The maximum Gasteiger partial charge on any atom is 0.137 e. The third-order valence-electron chi connectivity index (χ3n) is 2.11. The number of hydrogen-bond acceptors (Lipinski definition) is 3. The van der Waals surface area contributed by atoms with Crippen molar-refractivity contribution in [3.8, 4) is 5.69 Å². The van der Waals surface area contributed by atoms with Gasteiger partial charge in [0.25, 0.3) is 0 Å². The van der Waals surface area contributed by atoms with Crippen LogP contribution in [0.1, 0.15) is 18.7 Å². The fourth-order valence-electron chi connectivity index (χ4n) is 1.22. The fourth-order valence-corrected chi connectivity index (χ4v) is 1.59. The van der Waals surface area contributed by atoms with Gasteiger partial charge in [-0.15, -0.1) is 5.10 Å². The molecule has 0 spiro atoms. The maximum atomic E-state index is 13.0. The van der Waals surface area contributed by atoms with Crippen LogP contribution in [0.25, 0.3) is 5.69 Å². The van der Waals surface area contributed by atoms with Crippen molar-refractivity contribution in [3.63, 3.8) is 0 Å². The molecule has 0 saturated heterocycles. The van der Waals surface area contributed by atoms with E-state index in [2.05, 4.69) is 26.2 Å². The minimum absolute atomic E-state index is 0.334. The molecular formula is C10H9BrFN3O. The Morgan fingerprint density at radius 1 is 1.50 bits per heavy atom. The van der Waals surface area contributed by atoms with Crippen molar-refractivity contribution >= 4 is 15.9 Å². The van der Waals surface area contributed by atoms with Crippen LogP contribution in [0.4, 0.5) is 4.39 Å². The normalized spacial score (nSPS) is 12.8. The zero-order valence-electron chi connectivity index (χ0n) is 8.43. The number of aromatic nitrogens is 3. The lowest BCUT2D eigenvalue weighted by atomic mass is 10.3. The van der Waals surface area contributed by atoms with E-state index in [1.165, 1.54) is 10.7 Å². The highest BCUT2D eigenvalue weighted by atomic mass is 79.9. The molecule has 1 N–H and O–H groups in total. The third kappa shape index (κ3) is 2.12. The zero-order chi connectivity index (χ0) is 11.7. The van der Waals surface area contributed by atoms with Gasteiger partial charge in [0.1, 0.15) is 11.5 Å². The molecule has 0 amide bonds. The largest absolute Gasteiger partial charge is 0.387 e. The minimum Gasteiger partial charge on any atom is -0.387 e. The molecule has 0 bridgehead atoms. The number of halogens is 2. The second kappa shape index (κ2) is 4.31. The summed E-state index contributed by atoms with van der Waals surface area (Å²) >= 11 is 3.09. The first kappa shape index (κ1) is 11.2. The van der Waals surface area contributed by atoms with Crippen LogP contribution in [-0.2, 0) is 0 Å². The molecule has 16 heavy (non-hydrogen) atoms. The highest BCUT2D eigenvalue weighted by Gasteiger charge is 2.08. The molecular weight excluding hydrogens is 277 g/mol. The van der Waals surface area contributed by atoms with Crippen LogP contribution in [-0.4, -0.2) is 20.1 Å². The molecule has 1 heterocycles. The average Bonchev–Trinajstić information content (AvgIpc) is 2.71. The number of hydrogen-bond donors (Lipinski definition) is 1. The van der Waals surface area contributed by atoms with Crippen LogP contribution >= 0.6 is 15.9 Å². The number of rotatable bonds is 2. The predicted octanol–water partition coefficient (Wildman–Crippen LogP) is 2.22. The molecule has 0 fully saturated rings. The van der Waals surface area contributed by atoms with Crippen molar-refractivity contribution in [1.82, 2.24) is 15.0 Å². The lowest BCUT2D eigenvalue weighted by Crippen LogP contribution is -1.95.